The van der Waals surface area contributed by atoms with E-state index in [9.17, 15) is 18.0 Å². The molecule has 0 spiro atoms. The van der Waals surface area contributed by atoms with Gasteiger partial charge in [0.15, 0.2) is 0 Å². The standard InChI is InChI=1S/C23H28N2O5S/c1-17-8-10-20(11-9-17)31(28,29)25(21-7-5-4-6-18(21)2)16-22(26)24-14-12-19(13-15-24)23(27)30-3/h4-11,19H,12-16H2,1-3H3. The van der Waals surface area contributed by atoms with Crippen LogP contribution in [0, 0.1) is 19.8 Å². The Labute approximate surface area is 183 Å². The zero-order valence-corrected chi connectivity index (χ0v) is 18.9. The number of rotatable bonds is 6. The second kappa shape index (κ2) is 9.51. The highest BCUT2D eigenvalue weighted by molar-refractivity contribution is 7.92. The van der Waals surface area contributed by atoms with Crippen LogP contribution in [-0.4, -0.2) is 51.9 Å². The molecule has 31 heavy (non-hydrogen) atoms. The number of carbonyl (C=O) groups is 2. The first-order chi connectivity index (χ1) is 14.7. The highest BCUT2D eigenvalue weighted by Crippen LogP contribution is 2.27. The smallest absolute Gasteiger partial charge is 0.308 e. The van der Waals surface area contributed by atoms with Crippen LogP contribution in [0.5, 0.6) is 0 Å². The fourth-order valence-electron chi connectivity index (χ4n) is 3.73. The van der Waals surface area contributed by atoms with Gasteiger partial charge in [-0.25, -0.2) is 8.42 Å². The number of para-hydroxylation sites is 1. The van der Waals surface area contributed by atoms with Gasteiger partial charge in [0.05, 0.1) is 23.6 Å². The number of methoxy groups -OCH3 is 1. The zero-order valence-electron chi connectivity index (χ0n) is 18.1. The van der Waals surface area contributed by atoms with Crippen LogP contribution < -0.4 is 4.31 Å². The lowest BCUT2D eigenvalue weighted by Gasteiger charge is -2.33. The summed E-state index contributed by atoms with van der Waals surface area (Å²) < 4.78 is 33.0. The number of piperidine rings is 1. The molecule has 0 N–H and O–H groups in total. The first kappa shape index (κ1) is 22.8. The van der Waals surface area contributed by atoms with Crippen LogP contribution in [-0.2, 0) is 24.3 Å². The average Bonchev–Trinajstić information content (AvgIpc) is 2.77. The fraction of sp³-hybridized carbons (Fsp3) is 0.391. The van der Waals surface area contributed by atoms with Crippen molar-refractivity contribution >= 4 is 27.6 Å². The van der Waals surface area contributed by atoms with E-state index in [1.54, 1.807) is 41.3 Å². The van der Waals surface area contributed by atoms with Crippen molar-refractivity contribution in [1.82, 2.24) is 4.90 Å². The minimum Gasteiger partial charge on any atom is -0.469 e. The van der Waals surface area contributed by atoms with Crippen LogP contribution >= 0.6 is 0 Å². The Morgan fingerprint density at radius 3 is 2.23 bits per heavy atom. The van der Waals surface area contributed by atoms with Crippen molar-refractivity contribution in [3.63, 3.8) is 0 Å². The van der Waals surface area contributed by atoms with Crippen molar-refractivity contribution in [2.45, 2.75) is 31.6 Å². The van der Waals surface area contributed by atoms with Crippen LogP contribution in [0.4, 0.5) is 5.69 Å². The monoisotopic (exact) mass is 444 g/mol. The molecule has 0 atom stereocenters. The lowest BCUT2D eigenvalue weighted by atomic mass is 9.97. The molecule has 2 aromatic carbocycles. The van der Waals surface area contributed by atoms with Gasteiger partial charge in [0.1, 0.15) is 6.54 Å². The zero-order chi connectivity index (χ0) is 22.6. The van der Waals surface area contributed by atoms with Gasteiger partial charge in [0.2, 0.25) is 5.91 Å². The van der Waals surface area contributed by atoms with E-state index in [0.29, 0.717) is 31.6 Å². The predicted molar refractivity (Wildman–Crippen MR) is 118 cm³/mol. The summed E-state index contributed by atoms with van der Waals surface area (Å²) in [5, 5.41) is 0. The summed E-state index contributed by atoms with van der Waals surface area (Å²) >= 11 is 0. The molecule has 1 aliphatic heterocycles. The number of hydrogen-bond acceptors (Lipinski definition) is 5. The molecule has 0 aromatic heterocycles. The number of nitrogens with zero attached hydrogens (tertiary/aromatic N) is 2. The van der Waals surface area contributed by atoms with Gasteiger partial charge in [0, 0.05) is 13.1 Å². The number of esters is 1. The summed E-state index contributed by atoms with van der Waals surface area (Å²) in [6.45, 7) is 4.19. The Morgan fingerprint density at radius 2 is 1.65 bits per heavy atom. The molecule has 0 radical (unpaired) electrons. The van der Waals surface area contributed by atoms with Gasteiger partial charge in [-0.3, -0.25) is 13.9 Å². The summed E-state index contributed by atoms with van der Waals surface area (Å²) in [6, 6.07) is 13.7. The molecule has 0 unspecified atom stereocenters. The van der Waals surface area contributed by atoms with Crippen LogP contribution in [0.3, 0.4) is 0 Å². The Hall–Kier alpha value is -2.87. The molecular formula is C23H28N2O5S. The number of likely N-dealkylation sites (tertiary alicyclic amines) is 1. The third-order valence-corrected chi connectivity index (χ3v) is 7.43. The Kier molecular flexibility index (Phi) is 7.00. The number of benzene rings is 2. The van der Waals surface area contributed by atoms with Gasteiger partial charge in [-0.05, 0) is 50.5 Å². The SMILES string of the molecule is COC(=O)C1CCN(C(=O)CN(c2ccccc2C)S(=O)(=O)c2ccc(C)cc2)CC1. The maximum atomic E-state index is 13.5. The van der Waals surface area contributed by atoms with Gasteiger partial charge >= 0.3 is 5.97 Å². The Balaban J connectivity index is 1.86. The van der Waals surface area contributed by atoms with E-state index in [1.165, 1.54) is 11.4 Å². The molecule has 1 aliphatic rings. The summed E-state index contributed by atoms with van der Waals surface area (Å²) in [7, 11) is -2.59. The summed E-state index contributed by atoms with van der Waals surface area (Å²) in [5.74, 6) is -0.782. The largest absolute Gasteiger partial charge is 0.469 e. The van der Waals surface area contributed by atoms with Crippen molar-refractivity contribution in [3.05, 3.63) is 59.7 Å². The molecule has 0 bridgehead atoms. The Bertz CT molecular complexity index is 1040. The molecule has 3 rings (SSSR count). The maximum absolute atomic E-state index is 13.5. The van der Waals surface area contributed by atoms with Crippen LogP contribution in [0.1, 0.15) is 24.0 Å². The maximum Gasteiger partial charge on any atom is 0.308 e. The lowest BCUT2D eigenvalue weighted by molar-refractivity contribution is -0.148. The normalized spacial score (nSPS) is 14.9. The first-order valence-electron chi connectivity index (χ1n) is 10.2. The molecule has 0 saturated carbocycles. The minimum atomic E-state index is -3.94. The number of ether oxygens (including phenoxy) is 1. The topological polar surface area (TPSA) is 84.0 Å². The summed E-state index contributed by atoms with van der Waals surface area (Å²) in [4.78, 5) is 26.6. The first-order valence-corrected chi connectivity index (χ1v) is 11.7. The number of aryl methyl sites for hydroxylation is 2. The second-order valence-electron chi connectivity index (χ2n) is 7.79. The highest BCUT2D eigenvalue weighted by atomic mass is 32.2. The number of sulfonamides is 1. The van der Waals surface area contributed by atoms with Gasteiger partial charge in [0.25, 0.3) is 10.0 Å². The number of carbonyl (C=O) groups excluding carboxylic acids is 2. The third kappa shape index (κ3) is 5.07. The number of anilines is 1. The Morgan fingerprint density at radius 1 is 1.03 bits per heavy atom. The van der Waals surface area contributed by atoms with E-state index in [1.807, 2.05) is 26.0 Å². The van der Waals surface area contributed by atoms with Crippen molar-refractivity contribution in [3.8, 4) is 0 Å². The molecule has 1 fully saturated rings. The van der Waals surface area contributed by atoms with Crippen LogP contribution in [0.25, 0.3) is 0 Å². The van der Waals surface area contributed by atoms with Gasteiger partial charge < -0.3 is 9.64 Å². The third-order valence-electron chi connectivity index (χ3n) is 5.65. The van der Waals surface area contributed by atoms with Crippen molar-refractivity contribution in [1.29, 1.82) is 0 Å². The molecule has 166 valence electrons. The van der Waals surface area contributed by atoms with E-state index in [2.05, 4.69) is 0 Å². The van der Waals surface area contributed by atoms with E-state index < -0.39 is 10.0 Å². The summed E-state index contributed by atoms with van der Waals surface area (Å²) in [6.07, 6.45) is 1.01. The molecule has 7 nitrogen and oxygen atoms in total. The van der Waals surface area contributed by atoms with Crippen LogP contribution in [0.15, 0.2) is 53.4 Å². The highest BCUT2D eigenvalue weighted by Gasteiger charge is 2.32. The van der Waals surface area contributed by atoms with Gasteiger partial charge in [-0.15, -0.1) is 0 Å². The summed E-state index contributed by atoms with van der Waals surface area (Å²) in [5.41, 5.74) is 2.18. The predicted octanol–water partition coefficient (Wildman–Crippen LogP) is 2.91. The van der Waals surface area contributed by atoms with E-state index in [4.69, 9.17) is 4.74 Å². The number of hydrogen-bond donors (Lipinski definition) is 0. The molecule has 1 heterocycles. The van der Waals surface area contributed by atoms with Gasteiger partial charge in [-0.1, -0.05) is 35.9 Å². The molecular weight excluding hydrogens is 416 g/mol. The fourth-order valence-corrected chi connectivity index (χ4v) is 5.21. The lowest BCUT2D eigenvalue weighted by Crippen LogP contribution is -2.46. The molecule has 8 heteroatoms. The molecule has 1 saturated heterocycles. The van der Waals surface area contributed by atoms with Crippen molar-refractivity contribution < 1.29 is 22.7 Å². The van der Waals surface area contributed by atoms with E-state index in [0.717, 1.165) is 11.1 Å². The minimum absolute atomic E-state index is 0.138. The number of amides is 1. The quantitative estimate of drug-likeness (QED) is 0.640. The van der Waals surface area contributed by atoms with Crippen molar-refractivity contribution in [2.75, 3.05) is 31.0 Å². The second-order valence-corrected chi connectivity index (χ2v) is 9.65. The molecule has 2 aromatic rings. The van der Waals surface area contributed by atoms with E-state index >= 15 is 0 Å². The van der Waals surface area contributed by atoms with Gasteiger partial charge in [-0.2, -0.15) is 0 Å². The molecule has 1 amide bonds. The molecule has 0 aliphatic carbocycles. The average molecular weight is 445 g/mol. The van der Waals surface area contributed by atoms with Crippen molar-refractivity contribution in [2.24, 2.45) is 5.92 Å². The van der Waals surface area contributed by atoms with Crippen LogP contribution in [0.2, 0.25) is 0 Å². The van der Waals surface area contributed by atoms with E-state index in [-0.39, 0.29) is 29.2 Å².